The molecular formula is C10H15N9O. The number of primary amides is 1. The van der Waals surface area contributed by atoms with E-state index in [0.29, 0.717) is 5.95 Å². The molecule has 0 spiro atoms. The van der Waals surface area contributed by atoms with Gasteiger partial charge in [0, 0.05) is 24.9 Å². The van der Waals surface area contributed by atoms with Gasteiger partial charge in [-0.3, -0.25) is 14.8 Å². The Bertz CT molecular complexity index is 582. The smallest absolute Gasteiger partial charge is 0.243 e. The van der Waals surface area contributed by atoms with Crippen LogP contribution in [0.4, 0.5) is 11.9 Å². The topological polar surface area (TPSA) is 150 Å². The highest BCUT2D eigenvalue weighted by atomic mass is 16.1. The summed E-state index contributed by atoms with van der Waals surface area (Å²) < 4.78 is 1.60. The predicted octanol–water partition coefficient (Wildman–Crippen LogP) is -0.981. The molecule has 0 aromatic carbocycles. The van der Waals surface area contributed by atoms with Crippen LogP contribution in [0.25, 0.3) is 5.95 Å². The van der Waals surface area contributed by atoms with Crippen molar-refractivity contribution in [2.75, 3.05) is 10.7 Å². The van der Waals surface area contributed by atoms with Gasteiger partial charge in [0.05, 0.1) is 0 Å². The Morgan fingerprint density at radius 2 is 2.15 bits per heavy atom. The number of rotatable bonds is 6. The molecule has 6 N–H and O–H groups in total. The summed E-state index contributed by atoms with van der Waals surface area (Å²) in [5.41, 5.74) is 7.49. The fourth-order valence-corrected chi connectivity index (χ4v) is 1.56. The van der Waals surface area contributed by atoms with Crippen LogP contribution in [0.3, 0.4) is 0 Å². The zero-order valence-corrected chi connectivity index (χ0v) is 10.8. The third-order valence-corrected chi connectivity index (χ3v) is 2.37. The van der Waals surface area contributed by atoms with Gasteiger partial charge in [-0.05, 0) is 6.92 Å². The maximum atomic E-state index is 10.9. The van der Waals surface area contributed by atoms with E-state index in [1.54, 1.807) is 30.2 Å². The van der Waals surface area contributed by atoms with Crippen LogP contribution >= 0.6 is 0 Å². The van der Waals surface area contributed by atoms with Crippen LogP contribution in [0.2, 0.25) is 0 Å². The molecule has 2 rings (SSSR count). The van der Waals surface area contributed by atoms with Crippen molar-refractivity contribution in [3.63, 3.8) is 0 Å². The predicted molar refractivity (Wildman–Crippen MR) is 71.7 cm³/mol. The molecule has 2 aromatic heterocycles. The molecule has 0 saturated heterocycles. The first-order valence-corrected chi connectivity index (χ1v) is 5.84. The van der Waals surface area contributed by atoms with E-state index < -0.39 is 5.91 Å². The molecule has 10 heteroatoms. The fourth-order valence-electron chi connectivity index (χ4n) is 1.56. The summed E-state index contributed by atoms with van der Waals surface area (Å²) in [6.07, 6.45) is 5.00. The third-order valence-electron chi connectivity index (χ3n) is 2.37. The van der Waals surface area contributed by atoms with Crippen LogP contribution in [-0.4, -0.2) is 36.5 Å². The maximum absolute atomic E-state index is 10.9. The van der Waals surface area contributed by atoms with Crippen LogP contribution in [0, 0.1) is 0 Å². The van der Waals surface area contributed by atoms with Gasteiger partial charge in [-0.2, -0.15) is 15.0 Å². The molecule has 106 valence electrons. The lowest BCUT2D eigenvalue weighted by Crippen LogP contribution is -2.25. The lowest BCUT2D eigenvalue weighted by atomic mass is 10.2. The molecule has 0 bridgehead atoms. The number of aromatic nitrogens is 5. The number of nitrogens with zero attached hydrogens (tertiary/aromatic N) is 5. The molecule has 0 aliphatic carbocycles. The van der Waals surface area contributed by atoms with Gasteiger partial charge in [-0.1, -0.05) is 0 Å². The van der Waals surface area contributed by atoms with Gasteiger partial charge in [0.25, 0.3) is 0 Å². The normalized spacial score (nSPS) is 11.9. The van der Waals surface area contributed by atoms with Gasteiger partial charge in [-0.15, -0.1) is 0 Å². The van der Waals surface area contributed by atoms with Crippen molar-refractivity contribution in [3.05, 3.63) is 18.7 Å². The molecule has 1 atom stereocenters. The van der Waals surface area contributed by atoms with Crippen molar-refractivity contribution in [1.82, 2.24) is 24.5 Å². The highest BCUT2D eigenvalue weighted by molar-refractivity contribution is 5.74. The molecule has 1 unspecified atom stereocenters. The van der Waals surface area contributed by atoms with Crippen LogP contribution in [0.1, 0.15) is 13.3 Å². The summed E-state index contributed by atoms with van der Waals surface area (Å²) in [5, 5.41) is 2.96. The summed E-state index contributed by atoms with van der Waals surface area (Å²) in [6.45, 7) is 1.79. The first-order chi connectivity index (χ1) is 9.58. The Morgan fingerprint density at radius 1 is 1.40 bits per heavy atom. The lowest BCUT2D eigenvalue weighted by Gasteiger charge is -2.13. The zero-order chi connectivity index (χ0) is 14.5. The van der Waals surface area contributed by atoms with E-state index in [9.17, 15) is 4.79 Å². The van der Waals surface area contributed by atoms with Crippen molar-refractivity contribution in [3.8, 4) is 5.95 Å². The van der Waals surface area contributed by atoms with Gasteiger partial charge in [-0.25, -0.2) is 10.8 Å². The van der Waals surface area contributed by atoms with Crippen LogP contribution in [-0.2, 0) is 4.79 Å². The molecule has 2 heterocycles. The molecular weight excluding hydrogens is 262 g/mol. The molecule has 20 heavy (non-hydrogen) atoms. The second-order valence-corrected chi connectivity index (χ2v) is 4.11. The minimum atomic E-state index is -0.411. The van der Waals surface area contributed by atoms with Crippen molar-refractivity contribution in [1.29, 1.82) is 0 Å². The van der Waals surface area contributed by atoms with E-state index in [1.165, 1.54) is 0 Å². The minimum absolute atomic E-state index is 0.164. The molecule has 0 saturated carbocycles. The fraction of sp³-hybridized carbons (Fsp3) is 0.300. The summed E-state index contributed by atoms with van der Waals surface area (Å²) in [6, 6.07) is -0.212. The van der Waals surface area contributed by atoms with Gasteiger partial charge in [0.1, 0.15) is 6.33 Å². The van der Waals surface area contributed by atoms with Crippen molar-refractivity contribution in [2.24, 2.45) is 11.6 Å². The number of carbonyl (C=O) groups is 1. The average molecular weight is 277 g/mol. The van der Waals surface area contributed by atoms with Gasteiger partial charge in [0.2, 0.25) is 23.8 Å². The first kappa shape index (κ1) is 13.7. The number of hydrazine groups is 1. The van der Waals surface area contributed by atoms with Crippen molar-refractivity contribution < 1.29 is 4.79 Å². The molecule has 1 amide bonds. The number of amides is 1. The second-order valence-electron chi connectivity index (χ2n) is 4.11. The Labute approximate surface area is 114 Å². The van der Waals surface area contributed by atoms with E-state index in [4.69, 9.17) is 11.6 Å². The molecule has 0 aliphatic heterocycles. The summed E-state index contributed by atoms with van der Waals surface area (Å²) in [4.78, 5) is 27.1. The zero-order valence-electron chi connectivity index (χ0n) is 10.8. The Balaban J connectivity index is 2.24. The van der Waals surface area contributed by atoms with Crippen LogP contribution in [0.5, 0.6) is 0 Å². The number of nitrogens with one attached hydrogen (secondary N) is 2. The Hall–Kier alpha value is -2.75. The number of hydrogen-bond acceptors (Lipinski definition) is 8. The lowest BCUT2D eigenvalue weighted by molar-refractivity contribution is -0.118. The third kappa shape index (κ3) is 3.38. The van der Waals surface area contributed by atoms with E-state index >= 15 is 0 Å². The standard InChI is InChI=1S/C10H15N9O/c1-6(4-7(11)20)14-8-15-9(18-12)17-10(16-8)19-3-2-13-5-19/h2-3,5-6H,4,12H2,1H3,(H2,11,20)(H2,14,15,16,17,18). The highest BCUT2D eigenvalue weighted by Crippen LogP contribution is 2.10. The molecule has 0 aliphatic rings. The maximum Gasteiger partial charge on any atom is 0.243 e. The molecule has 2 aromatic rings. The number of carbonyl (C=O) groups excluding carboxylic acids is 1. The molecule has 0 fully saturated rings. The summed E-state index contributed by atoms with van der Waals surface area (Å²) in [5.74, 6) is 5.73. The van der Waals surface area contributed by atoms with Crippen LogP contribution in [0.15, 0.2) is 18.7 Å². The molecule has 10 nitrogen and oxygen atoms in total. The minimum Gasteiger partial charge on any atom is -0.370 e. The van der Waals surface area contributed by atoms with E-state index in [2.05, 4.69) is 30.7 Å². The molecule has 0 radical (unpaired) electrons. The van der Waals surface area contributed by atoms with E-state index in [-0.39, 0.29) is 24.4 Å². The number of nitrogens with two attached hydrogens (primary N) is 2. The van der Waals surface area contributed by atoms with Gasteiger partial charge in [0.15, 0.2) is 0 Å². The second kappa shape index (κ2) is 5.93. The number of nitrogen functional groups attached to an aromatic ring is 1. The Morgan fingerprint density at radius 3 is 2.75 bits per heavy atom. The van der Waals surface area contributed by atoms with Gasteiger partial charge < -0.3 is 11.1 Å². The largest absolute Gasteiger partial charge is 0.370 e. The van der Waals surface area contributed by atoms with Crippen molar-refractivity contribution in [2.45, 2.75) is 19.4 Å². The summed E-state index contributed by atoms with van der Waals surface area (Å²) in [7, 11) is 0. The Kier molecular flexibility index (Phi) is 4.05. The SMILES string of the molecule is CC(CC(N)=O)Nc1nc(NN)nc(-n2ccnc2)n1. The monoisotopic (exact) mass is 277 g/mol. The first-order valence-electron chi connectivity index (χ1n) is 5.84. The average Bonchev–Trinajstić information content (AvgIpc) is 2.91. The summed E-state index contributed by atoms with van der Waals surface area (Å²) >= 11 is 0. The highest BCUT2D eigenvalue weighted by Gasteiger charge is 2.11. The van der Waals surface area contributed by atoms with Gasteiger partial charge >= 0.3 is 0 Å². The number of anilines is 2. The quantitative estimate of drug-likeness (QED) is 0.388. The van der Waals surface area contributed by atoms with Crippen LogP contribution < -0.4 is 22.3 Å². The van der Waals surface area contributed by atoms with E-state index in [1.807, 2.05) is 0 Å². The van der Waals surface area contributed by atoms with E-state index in [0.717, 1.165) is 0 Å². The number of hydrogen-bond donors (Lipinski definition) is 4. The van der Waals surface area contributed by atoms with Crippen molar-refractivity contribution >= 4 is 17.8 Å². The number of imidazole rings is 1.